The molecule has 1 aromatic heterocycles. The average Bonchev–Trinajstić information content (AvgIpc) is 2.91. The molecule has 0 saturated carbocycles. The second kappa shape index (κ2) is 7.39. The number of fused-ring (bicyclic) bond motifs is 1. The molecular weight excluding hydrogens is 336 g/mol. The molecule has 0 bridgehead atoms. The summed E-state index contributed by atoms with van der Waals surface area (Å²) in [6.07, 6.45) is 4.23. The van der Waals surface area contributed by atoms with E-state index >= 15 is 0 Å². The van der Waals surface area contributed by atoms with E-state index in [4.69, 9.17) is 4.74 Å². The number of esters is 1. The van der Waals surface area contributed by atoms with Crippen LogP contribution in [0.4, 0.5) is 0 Å². The van der Waals surface area contributed by atoms with E-state index in [1.165, 1.54) is 19.3 Å². The Hall–Kier alpha value is -2.51. The molecule has 2 aliphatic rings. The van der Waals surface area contributed by atoms with Crippen LogP contribution in [0, 0.1) is 11.3 Å². The third-order valence-electron chi connectivity index (χ3n) is 5.43. The van der Waals surface area contributed by atoms with Gasteiger partial charge in [0.05, 0.1) is 30.0 Å². The predicted molar refractivity (Wildman–Crippen MR) is 92.0 cm³/mol. The maximum atomic E-state index is 12.8. The molecule has 140 valence electrons. The number of carbonyl (C=O) groups is 3. The first kappa shape index (κ1) is 18.3. The number of carbonyl (C=O) groups excluding carboxylic acids is 3. The summed E-state index contributed by atoms with van der Waals surface area (Å²) in [6.45, 7) is 5.42. The van der Waals surface area contributed by atoms with Gasteiger partial charge in [-0.2, -0.15) is 10.2 Å². The van der Waals surface area contributed by atoms with Gasteiger partial charge in [0.15, 0.2) is 0 Å². The Morgan fingerprint density at radius 2 is 2.04 bits per heavy atom. The molecule has 0 aliphatic carbocycles. The first-order valence-corrected chi connectivity index (χ1v) is 8.96. The smallest absolute Gasteiger partial charge is 0.314 e. The van der Waals surface area contributed by atoms with E-state index in [2.05, 4.69) is 10.2 Å². The van der Waals surface area contributed by atoms with Crippen LogP contribution in [0.3, 0.4) is 0 Å². The quantitative estimate of drug-likeness (QED) is 0.738. The van der Waals surface area contributed by atoms with Gasteiger partial charge < -0.3 is 14.5 Å². The molecule has 2 amide bonds. The van der Waals surface area contributed by atoms with E-state index in [1.54, 1.807) is 22.8 Å². The molecule has 0 spiro atoms. The van der Waals surface area contributed by atoms with Crippen molar-refractivity contribution in [1.82, 2.24) is 20.0 Å². The molecule has 0 unspecified atom stereocenters. The lowest BCUT2D eigenvalue weighted by Gasteiger charge is -2.31. The second-order valence-electron chi connectivity index (χ2n) is 6.96. The van der Waals surface area contributed by atoms with Crippen molar-refractivity contribution in [2.75, 3.05) is 32.8 Å². The molecule has 2 atom stereocenters. The Kier molecular flexibility index (Phi) is 5.20. The highest BCUT2D eigenvalue weighted by atomic mass is 16.5. The normalized spacial score (nSPS) is 25.4. The molecule has 0 radical (unpaired) electrons. The van der Waals surface area contributed by atoms with Gasteiger partial charge in [-0.15, -0.1) is 0 Å². The second-order valence-corrected chi connectivity index (χ2v) is 6.96. The maximum absolute atomic E-state index is 12.8. The summed E-state index contributed by atoms with van der Waals surface area (Å²) in [4.78, 5) is 41.0. The Morgan fingerprint density at radius 1 is 1.27 bits per heavy atom. The van der Waals surface area contributed by atoms with Gasteiger partial charge in [-0.1, -0.05) is 0 Å². The zero-order chi connectivity index (χ0) is 18.7. The fourth-order valence-electron chi connectivity index (χ4n) is 4.07. The fourth-order valence-corrected chi connectivity index (χ4v) is 4.07. The number of aromatic nitrogens is 2. The summed E-state index contributed by atoms with van der Waals surface area (Å²) >= 11 is 0. The molecule has 2 fully saturated rings. The number of ether oxygens (including phenoxy) is 1. The highest BCUT2D eigenvalue weighted by molar-refractivity contribution is 5.94. The van der Waals surface area contributed by atoms with E-state index in [9.17, 15) is 14.4 Å². The Morgan fingerprint density at radius 3 is 2.69 bits per heavy atom. The number of nitrogens with zero attached hydrogens (tertiary/aromatic N) is 4. The highest BCUT2D eigenvalue weighted by Crippen LogP contribution is 2.44. The van der Waals surface area contributed by atoms with Crippen molar-refractivity contribution in [1.29, 1.82) is 0 Å². The zero-order valence-corrected chi connectivity index (χ0v) is 15.2. The minimum absolute atomic E-state index is 0.0574. The summed E-state index contributed by atoms with van der Waals surface area (Å²) in [5.74, 6) is -0.570. The minimum atomic E-state index is -0.729. The van der Waals surface area contributed by atoms with Crippen LogP contribution in [0.15, 0.2) is 18.5 Å². The average molecular weight is 360 g/mol. The van der Waals surface area contributed by atoms with Gasteiger partial charge in [0, 0.05) is 39.0 Å². The molecule has 0 aromatic carbocycles. The largest absolute Gasteiger partial charge is 0.466 e. The lowest BCUT2D eigenvalue weighted by atomic mass is 9.75. The predicted octanol–water partition coefficient (Wildman–Crippen LogP) is 0.740. The standard InChI is InChI=1S/C18H24N4O4/c1-3-26-17(25)18-6-4-8-21(16(24)14-5-7-19-20-9-14)10-15(18)11-22(12-18)13(2)23/h5,7,9,15H,3-4,6,8,10-12H2,1-2H3/t15-,18-/m1/s1. The third kappa shape index (κ3) is 3.27. The van der Waals surface area contributed by atoms with Gasteiger partial charge >= 0.3 is 5.97 Å². The summed E-state index contributed by atoms with van der Waals surface area (Å²) in [6, 6.07) is 1.63. The van der Waals surface area contributed by atoms with Crippen molar-refractivity contribution in [2.24, 2.45) is 11.3 Å². The Bertz CT molecular complexity index is 696. The minimum Gasteiger partial charge on any atom is -0.466 e. The van der Waals surface area contributed by atoms with Crippen molar-refractivity contribution < 1.29 is 19.1 Å². The van der Waals surface area contributed by atoms with Gasteiger partial charge in [-0.3, -0.25) is 14.4 Å². The summed E-state index contributed by atoms with van der Waals surface area (Å²) < 4.78 is 5.35. The van der Waals surface area contributed by atoms with Gasteiger partial charge in [0.2, 0.25) is 5.91 Å². The van der Waals surface area contributed by atoms with Crippen LogP contribution >= 0.6 is 0 Å². The number of amides is 2. The van der Waals surface area contributed by atoms with Crippen LogP contribution < -0.4 is 0 Å². The molecule has 2 aliphatic heterocycles. The lowest BCUT2D eigenvalue weighted by Crippen LogP contribution is -2.43. The fraction of sp³-hybridized carbons (Fsp3) is 0.611. The summed E-state index contributed by atoms with van der Waals surface area (Å²) in [5.41, 5.74) is -0.252. The third-order valence-corrected chi connectivity index (χ3v) is 5.43. The molecule has 8 heteroatoms. The van der Waals surface area contributed by atoms with Crippen molar-refractivity contribution in [3.63, 3.8) is 0 Å². The number of hydrogen-bond donors (Lipinski definition) is 0. The van der Waals surface area contributed by atoms with Crippen molar-refractivity contribution in [3.05, 3.63) is 24.0 Å². The van der Waals surface area contributed by atoms with Crippen molar-refractivity contribution in [3.8, 4) is 0 Å². The lowest BCUT2D eigenvalue weighted by molar-refractivity contribution is -0.157. The van der Waals surface area contributed by atoms with Crippen molar-refractivity contribution in [2.45, 2.75) is 26.7 Å². The molecular formula is C18H24N4O4. The van der Waals surface area contributed by atoms with Crippen LogP contribution in [-0.4, -0.2) is 70.6 Å². The van der Waals surface area contributed by atoms with Crippen LogP contribution in [-0.2, 0) is 14.3 Å². The maximum Gasteiger partial charge on any atom is 0.314 e. The monoisotopic (exact) mass is 360 g/mol. The highest BCUT2D eigenvalue weighted by Gasteiger charge is 2.55. The zero-order valence-electron chi connectivity index (χ0n) is 15.2. The van der Waals surface area contributed by atoms with E-state index in [-0.39, 0.29) is 23.7 Å². The first-order chi connectivity index (χ1) is 12.5. The summed E-state index contributed by atoms with van der Waals surface area (Å²) in [5, 5.41) is 7.47. The van der Waals surface area contributed by atoms with Crippen LogP contribution in [0.25, 0.3) is 0 Å². The van der Waals surface area contributed by atoms with Crippen LogP contribution in [0.2, 0.25) is 0 Å². The summed E-state index contributed by atoms with van der Waals surface area (Å²) in [7, 11) is 0. The molecule has 26 heavy (non-hydrogen) atoms. The van der Waals surface area contributed by atoms with E-state index in [0.29, 0.717) is 51.2 Å². The van der Waals surface area contributed by atoms with E-state index < -0.39 is 5.41 Å². The topological polar surface area (TPSA) is 92.7 Å². The van der Waals surface area contributed by atoms with Gasteiger partial charge in [0.25, 0.3) is 5.91 Å². The molecule has 8 nitrogen and oxygen atoms in total. The van der Waals surface area contributed by atoms with Crippen LogP contribution in [0.1, 0.15) is 37.0 Å². The molecule has 1 aromatic rings. The molecule has 0 N–H and O–H groups in total. The number of likely N-dealkylation sites (tertiary alicyclic amines) is 2. The van der Waals surface area contributed by atoms with Crippen molar-refractivity contribution >= 4 is 17.8 Å². The van der Waals surface area contributed by atoms with E-state index in [1.807, 2.05) is 0 Å². The van der Waals surface area contributed by atoms with Gasteiger partial charge in [-0.05, 0) is 25.8 Å². The first-order valence-electron chi connectivity index (χ1n) is 8.96. The molecule has 3 heterocycles. The van der Waals surface area contributed by atoms with Gasteiger partial charge in [0.1, 0.15) is 0 Å². The Labute approximate surface area is 152 Å². The van der Waals surface area contributed by atoms with Crippen LogP contribution in [0.5, 0.6) is 0 Å². The van der Waals surface area contributed by atoms with Gasteiger partial charge in [-0.25, -0.2) is 0 Å². The Balaban J connectivity index is 1.86. The number of hydrogen-bond acceptors (Lipinski definition) is 6. The molecule has 2 saturated heterocycles. The van der Waals surface area contributed by atoms with E-state index in [0.717, 1.165) is 0 Å². The molecule has 3 rings (SSSR count). The number of rotatable bonds is 3. The SMILES string of the molecule is CCOC(=O)[C@@]12CCCN(C(=O)c3ccnnc3)C[C@@H]1CN(C(C)=O)C2.